The first kappa shape index (κ1) is 8.52. The molecule has 1 aromatic rings. The van der Waals surface area contributed by atoms with Gasteiger partial charge >= 0.3 is 0 Å². The van der Waals surface area contributed by atoms with E-state index in [1.807, 2.05) is 16.8 Å². The van der Waals surface area contributed by atoms with E-state index in [2.05, 4.69) is 10.3 Å². The van der Waals surface area contributed by atoms with Gasteiger partial charge in [0.25, 0.3) is 5.91 Å². The Hall–Kier alpha value is -1.07. The third-order valence-electron chi connectivity index (χ3n) is 1.67. The number of rotatable bonds is 2. The van der Waals surface area contributed by atoms with Crippen molar-refractivity contribution >= 4 is 40.3 Å². The summed E-state index contributed by atoms with van der Waals surface area (Å²) in [4.78, 5) is 15.1. The summed E-state index contributed by atoms with van der Waals surface area (Å²) in [5, 5.41) is 6.72. The van der Waals surface area contributed by atoms with Gasteiger partial charge < -0.3 is 0 Å². The van der Waals surface area contributed by atoms with Crippen molar-refractivity contribution in [3.05, 3.63) is 22.4 Å². The zero-order valence-electron chi connectivity index (χ0n) is 6.61. The van der Waals surface area contributed by atoms with Crippen LogP contribution in [0.4, 0.5) is 0 Å². The van der Waals surface area contributed by atoms with Crippen LogP contribution >= 0.6 is 23.6 Å². The SMILES string of the molecule is O=C1NC(=S)N=C1Cc1ccsc1. The Morgan fingerprint density at radius 3 is 3.00 bits per heavy atom. The van der Waals surface area contributed by atoms with E-state index >= 15 is 0 Å². The molecule has 13 heavy (non-hydrogen) atoms. The summed E-state index contributed by atoms with van der Waals surface area (Å²) in [5.74, 6) is -0.170. The van der Waals surface area contributed by atoms with Crippen LogP contribution < -0.4 is 5.32 Å². The van der Waals surface area contributed by atoms with Crippen LogP contribution in [0, 0.1) is 0 Å². The molecule has 5 heteroatoms. The molecule has 2 rings (SSSR count). The Bertz CT molecular complexity index is 381. The van der Waals surface area contributed by atoms with Crippen LogP contribution in [0.5, 0.6) is 0 Å². The topological polar surface area (TPSA) is 41.5 Å². The lowest BCUT2D eigenvalue weighted by Gasteiger charge is -1.93. The standard InChI is InChI=1S/C8H6N2OS2/c11-7-6(9-8(12)10-7)3-5-1-2-13-4-5/h1-2,4H,3H2,(H,10,11,12). The molecule has 1 aromatic heterocycles. The molecule has 0 saturated heterocycles. The minimum Gasteiger partial charge on any atom is -0.296 e. The predicted molar refractivity (Wildman–Crippen MR) is 56.2 cm³/mol. The van der Waals surface area contributed by atoms with Crippen LogP contribution in [0.25, 0.3) is 0 Å². The van der Waals surface area contributed by atoms with Gasteiger partial charge in [0.05, 0.1) is 0 Å². The van der Waals surface area contributed by atoms with E-state index in [-0.39, 0.29) is 11.0 Å². The van der Waals surface area contributed by atoms with E-state index < -0.39 is 0 Å². The molecule has 1 N–H and O–H groups in total. The summed E-state index contributed by atoms with van der Waals surface area (Å²) in [5.41, 5.74) is 1.60. The molecule has 1 aliphatic rings. The molecule has 0 saturated carbocycles. The lowest BCUT2D eigenvalue weighted by Crippen LogP contribution is -2.25. The lowest BCUT2D eigenvalue weighted by molar-refractivity contribution is -0.113. The second kappa shape index (κ2) is 3.35. The average molecular weight is 210 g/mol. The molecule has 0 aliphatic carbocycles. The summed E-state index contributed by atoms with van der Waals surface area (Å²) in [6.07, 6.45) is 0.565. The molecule has 66 valence electrons. The van der Waals surface area contributed by atoms with Gasteiger partial charge in [-0.3, -0.25) is 10.1 Å². The zero-order chi connectivity index (χ0) is 9.26. The quantitative estimate of drug-likeness (QED) is 0.744. The monoisotopic (exact) mass is 210 g/mol. The molecule has 1 amide bonds. The highest BCUT2D eigenvalue weighted by atomic mass is 32.1. The van der Waals surface area contributed by atoms with Crippen molar-refractivity contribution in [2.24, 2.45) is 4.99 Å². The number of amides is 1. The Morgan fingerprint density at radius 2 is 2.46 bits per heavy atom. The molecule has 0 fully saturated rings. The fourth-order valence-corrected chi connectivity index (χ4v) is 1.95. The van der Waals surface area contributed by atoms with Crippen LogP contribution in [0.3, 0.4) is 0 Å². The van der Waals surface area contributed by atoms with E-state index in [1.54, 1.807) is 11.3 Å². The number of aliphatic imine (C=N–C) groups is 1. The maximum atomic E-state index is 11.2. The van der Waals surface area contributed by atoms with Gasteiger partial charge in [-0.1, -0.05) is 0 Å². The molecule has 2 heterocycles. The summed E-state index contributed by atoms with van der Waals surface area (Å²) < 4.78 is 0. The fourth-order valence-electron chi connectivity index (χ4n) is 1.08. The third-order valence-corrected chi connectivity index (χ3v) is 2.60. The van der Waals surface area contributed by atoms with Gasteiger partial charge in [-0.25, -0.2) is 4.99 Å². The first-order valence-electron chi connectivity index (χ1n) is 3.69. The van der Waals surface area contributed by atoms with Crippen molar-refractivity contribution in [3.8, 4) is 0 Å². The maximum Gasteiger partial charge on any atom is 0.272 e. The van der Waals surface area contributed by atoms with Crippen LogP contribution in [-0.4, -0.2) is 16.7 Å². The summed E-state index contributed by atoms with van der Waals surface area (Å²) >= 11 is 6.36. The average Bonchev–Trinajstić information content (AvgIpc) is 2.63. The number of carbonyl (C=O) groups is 1. The summed E-state index contributed by atoms with van der Waals surface area (Å²) in [6.45, 7) is 0. The van der Waals surface area contributed by atoms with Crippen molar-refractivity contribution in [2.45, 2.75) is 6.42 Å². The van der Waals surface area contributed by atoms with E-state index in [9.17, 15) is 4.79 Å². The molecular weight excluding hydrogens is 204 g/mol. The minimum atomic E-state index is -0.170. The van der Waals surface area contributed by atoms with E-state index in [4.69, 9.17) is 12.2 Å². The number of nitrogens with zero attached hydrogens (tertiary/aromatic N) is 1. The smallest absolute Gasteiger partial charge is 0.272 e. The van der Waals surface area contributed by atoms with Gasteiger partial charge in [-0.15, -0.1) is 0 Å². The Morgan fingerprint density at radius 1 is 1.62 bits per heavy atom. The predicted octanol–water partition coefficient (Wildman–Crippen LogP) is 1.15. The lowest BCUT2D eigenvalue weighted by atomic mass is 10.1. The molecule has 0 bridgehead atoms. The Labute approximate surface area is 84.5 Å². The van der Waals surface area contributed by atoms with E-state index in [0.29, 0.717) is 12.1 Å². The highest BCUT2D eigenvalue weighted by Crippen LogP contribution is 2.09. The van der Waals surface area contributed by atoms with Gasteiger partial charge in [-0.2, -0.15) is 11.3 Å². The van der Waals surface area contributed by atoms with Gasteiger partial charge in [0.2, 0.25) is 0 Å². The first-order valence-corrected chi connectivity index (χ1v) is 5.05. The zero-order valence-corrected chi connectivity index (χ0v) is 8.24. The van der Waals surface area contributed by atoms with Crippen molar-refractivity contribution in [2.75, 3.05) is 0 Å². The Kier molecular flexibility index (Phi) is 2.20. The number of carbonyl (C=O) groups excluding carboxylic acids is 1. The van der Waals surface area contributed by atoms with Crippen LogP contribution in [-0.2, 0) is 11.2 Å². The third kappa shape index (κ3) is 1.81. The van der Waals surface area contributed by atoms with E-state index in [1.165, 1.54) is 0 Å². The minimum absolute atomic E-state index is 0.170. The van der Waals surface area contributed by atoms with Gasteiger partial charge in [-0.05, 0) is 34.6 Å². The molecule has 0 radical (unpaired) electrons. The van der Waals surface area contributed by atoms with Crippen molar-refractivity contribution in [1.82, 2.24) is 5.32 Å². The first-order chi connectivity index (χ1) is 6.25. The van der Waals surface area contributed by atoms with E-state index in [0.717, 1.165) is 5.56 Å². The fraction of sp³-hybridized carbons (Fsp3) is 0.125. The highest BCUT2D eigenvalue weighted by Gasteiger charge is 2.20. The number of thiocarbonyl (C=S) groups is 1. The van der Waals surface area contributed by atoms with Crippen molar-refractivity contribution < 1.29 is 4.79 Å². The molecule has 0 aromatic carbocycles. The van der Waals surface area contributed by atoms with Crippen molar-refractivity contribution in [1.29, 1.82) is 0 Å². The van der Waals surface area contributed by atoms with Crippen LogP contribution in [0.15, 0.2) is 21.8 Å². The molecule has 3 nitrogen and oxygen atoms in total. The summed E-state index contributed by atoms with van der Waals surface area (Å²) in [6, 6.07) is 1.97. The summed E-state index contributed by atoms with van der Waals surface area (Å²) in [7, 11) is 0. The van der Waals surface area contributed by atoms with Gasteiger partial charge in [0, 0.05) is 6.42 Å². The number of hydrogen-bond acceptors (Lipinski definition) is 3. The highest BCUT2D eigenvalue weighted by molar-refractivity contribution is 7.80. The van der Waals surface area contributed by atoms with Gasteiger partial charge in [0.15, 0.2) is 5.11 Å². The van der Waals surface area contributed by atoms with Crippen LogP contribution in [0.2, 0.25) is 0 Å². The normalized spacial score (nSPS) is 15.8. The molecular formula is C8H6N2OS2. The van der Waals surface area contributed by atoms with Crippen LogP contribution in [0.1, 0.15) is 5.56 Å². The second-order valence-electron chi connectivity index (χ2n) is 2.63. The number of thiophene rings is 1. The number of nitrogens with one attached hydrogen (secondary N) is 1. The molecule has 0 unspecified atom stereocenters. The molecule has 1 aliphatic heterocycles. The molecule has 0 spiro atoms. The Balaban J connectivity index is 2.15. The van der Waals surface area contributed by atoms with Crippen molar-refractivity contribution in [3.63, 3.8) is 0 Å². The second-order valence-corrected chi connectivity index (χ2v) is 3.79. The van der Waals surface area contributed by atoms with Gasteiger partial charge in [0.1, 0.15) is 5.71 Å². The largest absolute Gasteiger partial charge is 0.296 e. The maximum absolute atomic E-state index is 11.2. The number of hydrogen-bond donors (Lipinski definition) is 1. The molecule has 0 atom stereocenters.